The van der Waals surface area contributed by atoms with Gasteiger partial charge in [0.05, 0.1) is 17.7 Å². The van der Waals surface area contributed by atoms with Crippen molar-refractivity contribution in [3.63, 3.8) is 0 Å². The molecule has 0 aromatic heterocycles. The van der Waals surface area contributed by atoms with Crippen molar-refractivity contribution in [2.75, 3.05) is 12.4 Å². The third kappa shape index (κ3) is 3.75. The first-order valence-corrected chi connectivity index (χ1v) is 9.11. The van der Waals surface area contributed by atoms with Crippen LogP contribution in [0.4, 0.5) is 5.69 Å². The first kappa shape index (κ1) is 17.2. The van der Waals surface area contributed by atoms with Crippen molar-refractivity contribution in [1.29, 1.82) is 0 Å². The second kappa shape index (κ2) is 6.73. The van der Waals surface area contributed by atoms with E-state index in [1.165, 1.54) is 18.2 Å². The molecular weight excluding hydrogens is 344 g/mol. The lowest BCUT2D eigenvalue weighted by molar-refractivity contribution is -0.122. The number of methoxy groups -OCH3 is 1. The minimum atomic E-state index is -3.73. The van der Waals surface area contributed by atoms with Crippen molar-refractivity contribution in [2.45, 2.75) is 24.5 Å². The number of fused-ring (bicyclic) bond motifs is 1. The number of ether oxygens (including phenoxy) is 2. The van der Waals surface area contributed by atoms with Gasteiger partial charge in [0.2, 0.25) is 10.0 Å². The maximum absolute atomic E-state index is 12.5. The molecule has 2 aromatic carbocycles. The summed E-state index contributed by atoms with van der Waals surface area (Å²) in [7, 11) is -2.16. The Labute approximate surface area is 146 Å². The number of sulfonamides is 1. The normalized spacial score (nSPS) is 16.6. The van der Waals surface area contributed by atoms with Crippen LogP contribution in [0.25, 0.3) is 0 Å². The van der Waals surface area contributed by atoms with Crippen LogP contribution >= 0.6 is 0 Å². The SMILES string of the molecule is COc1ccc(CNS(=O)(=O)c2ccc3c(c2)NC(=O)C(C)O3)cc1. The van der Waals surface area contributed by atoms with Gasteiger partial charge in [0, 0.05) is 6.54 Å². The third-order valence-corrected chi connectivity index (χ3v) is 5.22. The van der Waals surface area contributed by atoms with E-state index in [0.29, 0.717) is 17.2 Å². The summed E-state index contributed by atoms with van der Waals surface area (Å²) in [5.74, 6) is 0.834. The zero-order chi connectivity index (χ0) is 18.0. The van der Waals surface area contributed by atoms with Gasteiger partial charge < -0.3 is 14.8 Å². The Kier molecular flexibility index (Phi) is 4.65. The molecule has 0 aliphatic carbocycles. The van der Waals surface area contributed by atoms with E-state index in [0.717, 1.165) is 5.56 Å². The van der Waals surface area contributed by atoms with Crippen molar-refractivity contribution < 1.29 is 22.7 Å². The molecule has 1 atom stereocenters. The summed E-state index contributed by atoms with van der Waals surface area (Å²) in [5, 5.41) is 2.64. The van der Waals surface area contributed by atoms with Gasteiger partial charge in [0.1, 0.15) is 11.5 Å². The third-order valence-electron chi connectivity index (χ3n) is 3.82. The molecule has 8 heteroatoms. The molecule has 1 aliphatic rings. The van der Waals surface area contributed by atoms with Crippen LogP contribution in [0, 0.1) is 0 Å². The highest BCUT2D eigenvalue weighted by atomic mass is 32.2. The number of carbonyl (C=O) groups is 1. The summed E-state index contributed by atoms with van der Waals surface area (Å²) >= 11 is 0. The van der Waals surface area contributed by atoms with Gasteiger partial charge in [-0.05, 0) is 42.8 Å². The molecule has 132 valence electrons. The second-order valence-corrected chi connectivity index (χ2v) is 7.35. The standard InChI is InChI=1S/C17H18N2O5S/c1-11-17(20)19-15-9-14(7-8-16(15)24-11)25(21,22)18-10-12-3-5-13(23-2)6-4-12/h3-9,11,18H,10H2,1-2H3,(H,19,20). The zero-order valence-electron chi connectivity index (χ0n) is 13.8. The van der Waals surface area contributed by atoms with Crippen LogP contribution in [-0.2, 0) is 21.4 Å². The lowest BCUT2D eigenvalue weighted by Gasteiger charge is -2.23. The van der Waals surface area contributed by atoms with Crippen molar-refractivity contribution in [1.82, 2.24) is 4.72 Å². The van der Waals surface area contributed by atoms with E-state index in [2.05, 4.69) is 10.0 Å². The lowest BCUT2D eigenvalue weighted by Crippen LogP contribution is -2.34. The molecule has 2 N–H and O–H groups in total. The second-order valence-electron chi connectivity index (χ2n) is 5.58. The van der Waals surface area contributed by atoms with Crippen LogP contribution < -0.4 is 19.5 Å². The Hall–Kier alpha value is -2.58. The highest BCUT2D eigenvalue weighted by Gasteiger charge is 2.25. The van der Waals surface area contributed by atoms with E-state index in [-0.39, 0.29) is 17.3 Å². The molecule has 1 amide bonds. The average Bonchev–Trinajstić information content (AvgIpc) is 2.61. The molecule has 1 heterocycles. The number of amides is 1. The van der Waals surface area contributed by atoms with Gasteiger partial charge in [0.25, 0.3) is 5.91 Å². The van der Waals surface area contributed by atoms with Crippen LogP contribution in [0.1, 0.15) is 12.5 Å². The fourth-order valence-electron chi connectivity index (χ4n) is 2.36. The highest BCUT2D eigenvalue weighted by molar-refractivity contribution is 7.89. The summed E-state index contributed by atoms with van der Waals surface area (Å²) in [5.41, 5.74) is 1.14. The molecule has 0 fully saturated rings. The molecule has 2 aromatic rings. The van der Waals surface area contributed by atoms with Gasteiger partial charge in [-0.3, -0.25) is 4.79 Å². The zero-order valence-corrected chi connectivity index (χ0v) is 14.6. The lowest BCUT2D eigenvalue weighted by atomic mass is 10.2. The Morgan fingerprint density at radius 1 is 1.20 bits per heavy atom. The molecule has 7 nitrogen and oxygen atoms in total. The van der Waals surface area contributed by atoms with Gasteiger partial charge >= 0.3 is 0 Å². The molecule has 3 rings (SSSR count). The molecule has 1 unspecified atom stereocenters. The topological polar surface area (TPSA) is 93.7 Å². The van der Waals surface area contributed by atoms with Gasteiger partial charge in [-0.15, -0.1) is 0 Å². The minimum absolute atomic E-state index is 0.0539. The van der Waals surface area contributed by atoms with E-state index < -0.39 is 16.1 Å². The Morgan fingerprint density at radius 3 is 2.60 bits per heavy atom. The molecule has 25 heavy (non-hydrogen) atoms. The molecule has 0 spiro atoms. The summed E-state index contributed by atoms with van der Waals surface area (Å²) in [4.78, 5) is 11.7. The maximum atomic E-state index is 12.5. The molecule has 0 bridgehead atoms. The van der Waals surface area contributed by atoms with E-state index in [1.54, 1.807) is 38.3 Å². The number of benzene rings is 2. The van der Waals surface area contributed by atoms with E-state index in [9.17, 15) is 13.2 Å². The van der Waals surface area contributed by atoms with Crippen molar-refractivity contribution >= 4 is 21.6 Å². The van der Waals surface area contributed by atoms with Gasteiger partial charge in [0.15, 0.2) is 6.10 Å². The number of hydrogen-bond donors (Lipinski definition) is 2. The van der Waals surface area contributed by atoms with Crippen LogP contribution in [0.5, 0.6) is 11.5 Å². The predicted octanol–water partition coefficient (Wildman–Crippen LogP) is 1.89. The van der Waals surface area contributed by atoms with Crippen LogP contribution in [-0.4, -0.2) is 27.5 Å². The van der Waals surface area contributed by atoms with Crippen LogP contribution in [0.15, 0.2) is 47.4 Å². The Bertz CT molecular complexity index is 894. The molecule has 0 radical (unpaired) electrons. The first-order chi connectivity index (χ1) is 11.9. The van der Waals surface area contributed by atoms with Crippen molar-refractivity contribution in [3.05, 3.63) is 48.0 Å². The minimum Gasteiger partial charge on any atom is -0.497 e. The van der Waals surface area contributed by atoms with Gasteiger partial charge in [-0.2, -0.15) is 0 Å². The van der Waals surface area contributed by atoms with E-state index >= 15 is 0 Å². The molecular formula is C17H18N2O5S. The Morgan fingerprint density at radius 2 is 1.92 bits per heavy atom. The van der Waals surface area contributed by atoms with Crippen molar-refractivity contribution in [3.8, 4) is 11.5 Å². The van der Waals surface area contributed by atoms with E-state index in [1.807, 2.05) is 0 Å². The highest BCUT2D eigenvalue weighted by Crippen LogP contribution is 2.31. The Balaban J connectivity index is 1.76. The number of anilines is 1. The smallest absolute Gasteiger partial charge is 0.265 e. The number of nitrogens with one attached hydrogen (secondary N) is 2. The van der Waals surface area contributed by atoms with E-state index in [4.69, 9.17) is 9.47 Å². The van der Waals surface area contributed by atoms with Crippen LogP contribution in [0.2, 0.25) is 0 Å². The van der Waals surface area contributed by atoms with Crippen LogP contribution in [0.3, 0.4) is 0 Å². The van der Waals surface area contributed by atoms with Crippen molar-refractivity contribution in [2.24, 2.45) is 0 Å². The van der Waals surface area contributed by atoms with Gasteiger partial charge in [-0.1, -0.05) is 12.1 Å². The molecule has 0 saturated heterocycles. The summed E-state index contributed by atoms with van der Waals surface area (Å²) in [6.45, 7) is 1.77. The summed E-state index contributed by atoms with van der Waals surface area (Å²) in [6, 6.07) is 11.4. The average molecular weight is 362 g/mol. The fourth-order valence-corrected chi connectivity index (χ4v) is 3.40. The first-order valence-electron chi connectivity index (χ1n) is 7.63. The predicted molar refractivity (Wildman–Crippen MR) is 92.2 cm³/mol. The largest absolute Gasteiger partial charge is 0.497 e. The maximum Gasteiger partial charge on any atom is 0.265 e. The molecule has 0 saturated carbocycles. The summed E-state index contributed by atoms with van der Waals surface area (Å²) < 4.78 is 38.0. The fraction of sp³-hybridized carbons (Fsp3) is 0.235. The van der Waals surface area contributed by atoms with Gasteiger partial charge in [-0.25, -0.2) is 13.1 Å². The number of carbonyl (C=O) groups excluding carboxylic acids is 1. The quantitative estimate of drug-likeness (QED) is 0.847. The number of rotatable bonds is 5. The monoisotopic (exact) mass is 362 g/mol. The number of hydrogen-bond acceptors (Lipinski definition) is 5. The summed E-state index contributed by atoms with van der Waals surface area (Å²) in [6.07, 6.45) is -0.608. The molecule has 1 aliphatic heterocycles.